The van der Waals surface area contributed by atoms with Crippen molar-refractivity contribution in [1.82, 2.24) is 15.3 Å². The van der Waals surface area contributed by atoms with E-state index in [4.69, 9.17) is 22.2 Å². The van der Waals surface area contributed by atoms with Crippen molar-refractivity contribution in [2.24, 2.45) is 11.8 Å². The molecule has 6 nitrogen and oxygen atoms in total. The first-order chi connectivity index (χ1) is 13.7. The molecule has 2 saturated heterocycles. The number of nitrogens with zero attached hydrogens (tertiary/aromatic N) is 4. The monoisotopic (exact) mass is 418 g/mol. The molecule has 7 heteroatoms. The Balaban J connectivity index is 1.87. The lowest BCUT2D eigenvalue weighted by Gasteiger charge is -2.36. The maximum absolute atomic E-state index is 5.51. The molecule has 1 aromatic rings. The fourth-order valence-corrected chi connectivity index (χ4v) is 4.82. The molecular formula is C22H38N6S. The van der Waals surface area contributed by atoms with Gasteiger partial charge in [0.15, 0.2) is 5.11 Å². The fourth-order valence-electron chi connectivity index (χ4n) is 4.43. The van der Waals surface area contributed by atoms with Crippen molar-refractivity contribution in [3.63, 3.8) is 0 Å². The minimum absolute atomic E-state index is 0.104. The van der Waals surface area contributed by atoms with E-state index in [2.05, 4.69) is 61.1 Å². The Morgan fingerprint density at radius 1 is 0.966 bits per heavy atom. The van der Waals surface area contributed by atoms with Crippen molar-refractivity contribution in [2.75, 3.05) is 41.3 Å². The topological polar surface area (TPSA) is 56.3 Å². The number of anilines is 3. The summed E-state index contributed by atoms with van der Waals surface area (Å²) >= 11 is 5.51. The molecular weight excluding hydrogens is 380 g/mol. The van der Waals surface area contributed by atoms with E-state index >= 15 is 0 Å². The van der Waals surface area contributed by atoms with Crippen molar-refractivity contribution in [3.05, 3.63) is 6.07 Å². The van der Waals surface area contributed by atoms with Crippen LogP contribution in [0.15, 0.2) is 6.07 Å². The van der Waals surface area contributed by atoms with Gasteiger partial charge >= 0.3 is 0 Å². The van der Waals surface area contributed by atoms with Gasteiger partial charge in [-0.1, -0.05) is 26.7 Å². The normalized spacial score (nSPS) is 23.5. The molecule has 29 heavy (non-hydrogen) atoms. The number of piperidine rings is 1. The van der Waals surface area contributed by atoms with E-state index in [0.717, 1.165) is 37.8 Å². The number of nitrogens with one attached hydrogen (secondary N) is 2. The average molecular weight is 419 g/mol. The number of thiocarbonyl (C=S) groups is 1. The standard InChI is InChI=1S/C22H38N6S/c1-16-12-17(2)15-28(14-16)19-13-18(27-10-8-6-7-9-11-27)23-20(24-19)25-21(29)26-22(3,4)5/h13,16-17H,6-12,14-15H2,1-5H3,(H2,23,24,25,26,29)/t16-,17-/m1/s1. The van der Waals surface area contributed by atoms with Crippen molar-refractivity contribution in [2.45, 2.75) is 72.3 Å². The zero-order chi connectivity index (χ0) is 21.0. The molecule has 0 aliphatic carbocycles. The van der Waals surface area contributed by atoms with Gasteiger partial charge in [0.05, 0.1) is 0 Å². The minimum Gasteiger partial charge on any atom is -0.358 e. The second-order valence-electron chi connectivity index (χ2n) is 9.99. The van der Waals surface area contributed by atoms with Crippen molar-refractivity contribution in [1.29, 1.82) is 0 Å². The van der Waals surface area contributed by atoms with Crippen LogP contribution in [0.3, 0.4) is 0 Å². The van der Waals surface area contributed by atoms with Crippen molar-refractivity contribution < 1.29 is 0 Å². The van der Waals surface area contributed by atoms with E-state index in [1.54, 1.807) is 0 Å². The number of aromatic nitrogens is 2. The first-order valence-corrected chi connectivity index (χ1v) is 11.6. The molecule has 1 aromatic heterocycles. The van der Waals surface area contributed by atoms with Gasteiger partial charge in [-0.2, -0.15) is 9.97 Å². The van der Waals surface area contributed by atoms with E-state index in [-0.39, 0.29) is 5.54 Å². The molecule has 0 amide bonds. The van der Waals surface area contributed by atoms with Crippen molar-refractivity contribution >= 4 is 34.9 Å². The molecule has 2 aliphatic rings. The first kappa shape index (κ1) is 22.1. The summed E-state index contributed by atoms with van der Waals surface area (Å²) in [6.07, 6.45) is 6.35. The van der Waals surface area contributed by atoms with Gasteiger partial charge in [0, 0.05) is 37.8 Å². The lowest BCUT2D eigenvalue weighted by Crippen LogP contribution is -2.43. The first-order valence-electron chi connectivity index (χ1n) is 11.2. The van der Waals surface area contributed by atoms with Crippen LogP contribution in [0.1, 0.15) is 66.7 Å². The third-order valence-electron chi connectivity index (χ3n) is 5.54. The summed E-state index contributed by atoms with van der Waals surface area (Å²) in [5.41, 5.74) is -0.104. The molecule has 2 fully saturated rings. The Labute approximate surface area is 181 Å². The molecule has 162 valence electrons. The zero-order valence-electron chi connectivity index (χ0n) is 18.8. The van der Waals surface area contributed by atoms with Crippen LogP contribution in [0.2, 0.25) is 0 Å². The van der Waals surface area contributed by atoms with E-state index in [1.807, 2.05) is 0 Å². The van der Waals surface area contributed by atoms with Gasteiger partial charge in [-0.3, -0.25) is 0 Å². The molecule has 0 unspecified atom stereocenters. The van der Waals surface area contributed by atoms with Gasteiger partial charge in [0.2, 0.25) is 5.95 Å². The number of hydrogen-bond donors (Lipinski definition) is 2. The molecule has 0 aromatic carbocycles. The third-order valence-corrected chi connectivity index (χ3v) is 5.74. The van der Waals surface area contributed by atoms with Crippen LogP contribution in [0.5, 0.6) is 0 Å². The van der Waals surface area contributed by atoms with Crippen molar-refractivity contribution in [3.8, 4) is 0 Å². The second-order valence-corrected chi connectivity index (χ2v) is 10.4. The molecule has 0 saturated carbocycles. The van der Waals surface area contributed by atoms with Gasteiger partial charge in [-0.05, 0) is 64.1 Å². The van der Waals surface area contributed by atoms with E-state index < -0.39 is 0 Å². The van der Waals surface area contributed by atoms with E-state index in [1.165, 1.54) is 32.1 Å². The Kier molecular flexibility index (Phi) is 7.19. The highest BCUT2D eigenvalue weighted by molar-refractivity contribution is 7.80. The molecule has 2 aliphatic heterocycles. The Bertz CT molecular complexity index is 683. The van der Waals surface area contributed by atoms with Gasteiger partial charge in [-0.15, -0.1) is 0 Å². The summed E-state index contributed by atoms with van der Waals surface area (Å²) in [5, 5.41) is 7.11. The van der Waals surface area contributed by atoms with Crippen LogP contribution >= 0.6 is 12.2 Å². The highest BCUT2D eigenvalue weighted by atomic mass is 32.1. The third kappa shape index (κ3) is 6.69. The maximum Gasteiger partial charge on any atom is 0.232 e. The largest absolute Gasteiger partial charge is 0.358 e. The second kappa shape index (κ2) is 9.45. The van der Waals surface area contributed by atoms with Crippen LogP contribution in [-0.2, 0) is 0 Å². The van der Waals surface area contributed by atoms with E-state index in [0.29, 0.717) is 22.9 Å². The molecule has 3 rings (SSSR count). The zero-order valence-corrected chi connectivity index (χ0v) is 19.6. The fraction of sp³-hybridized carbons (Fsp3) is 0.773. The van der Waals surface area contributed by atoms with Crippen LogP contribution < -0.4 is 20.4 Å². The summed E-state index contributed by atoms with van der Waals surface area (Å²) in [6, 6.07) is 2.18. The SMILES string of the molecule is C[C@@H]1C[C@@H](C)CN(c2cc(N3CCCCCC3)nc(NC(=S)NC(C)(C)C)n2)C1. The molecule has 0 bridgehead atoms. The van der Waals surface area contributed by atoms with E-state index in [9.17, 15) is 0 Å². The maximum atomic E-state index is 5.51. The Hall–Kier alpha value is -1.63. The van der Waals surface area contributed by atoms with Gasteiger partial charge in [-0.25, -0.2) is 0 Å². The highest BCUT2D eigenvalue weighted by Crippen LogP contribution is 2.29. The summed E-state index contributed by atoms with van der Waals surface area (Å²) in [7, 11) is 0. The Morgan fingerprint density at radius 3 is 2.07 bits per heavy atom. The lowest BCUT2D eigenvalue weighted by molar-refractivity contribution is 0.355. The summed E-state index contributed by atoms with van der Waals surface area (Å²) in [6.45, 7) is 15.2. The average Bonchev–Trinajstić information content (AvgIpc) is 2.88. The quantitative estimate of drug-likeness (QED) is 0.705. The van der Waals surface area contributed by atoms with Gasteiger partial charge in [0.1, 0.15) is 11.6 Å². The van der Waals surface area contributed by atoms with Gasteiger partial charge < -0.3 is 20.4 Å². The summed E-state index contributed by atoms with van der Waals surface area (Å²) < 4.78 is 0. The number of rotatable bonds is 3. The lowest BCUT2D eigenvalue weighted by atomic mass is 9.92. The molecule has 2 atom stereocenters. The van der Waals surface area contributed by atoms with Gasteiger partial charge in [0.25, 0.3) is 0 Å². The van der Waals surface area contributed by atoms with Crippen LogP contribution in [0.25, 0.3) is 0 Å². The minimum atomic E-state index is -0.104. The molecule has 3 heterocycles. The highest BCUT2D eigenvalue weighted by Gasteiger charge is 2.25. The summed E-state index contributed by atoms with van der Waals surface area (Å²) in [4.78, 5) is 14.6. The number of hydrogen-bond acceptors (Lipinski definition) is 5. The molecule has 2 N–H and O–H groups in total. The van der Waals surface area contributed by atoms with Crippen LogP contribution in [0.4, 0.5) is 17.6 Å². The Morgan fingerprint density at radius 2 is 1.52 bits per heavy atom. The molecule has 0 spiro atoms. The predicted octanol–water partition coefficient (Wildman–Crippen LogP) is 4.42. The van der Waals surface area contributed by atoms with Crippen LogP contribution in [0, 0.1) is 11.8 Å². The predicted molar refractivity (Wildman–Crippen MR) is 127 cm³/mol. The molecule has 0 radical (unpaired) electrons. The van der Waals surface area contributed by atoms with Crippen LogP contribution in [-0.4, -0.2) is 46.8 Å². The smallest absolute Gasteiger partial charge is 0.232 e. The summed E-state index contributed by atoms with van der Waals surface area (Å²) in [5.74, 6) is 3.97.